The highest BCUT2D eigenvalue weighted by atomic mass is 16.1. The van der Waals surface area contributed by atoms with Crippen LogP contribution < -0.4 is 10.6 Å². The van der Waals surface area contributed by atoms with E-state index in [-0.39, 0.29) is 11.3 Å². The lowest BCUT2D eigenvalue weighted by atomic mass is 9.79. The van der Waals surface area contributed by atoms with Crippen LogP contribution in [-0.4, -0.2) is 49.5 Å². The van der Waals surface area contributed by atoms with E-state index in [9.17, 15) is 4.79 Å². The highest BCUT2D eigenvalue weighted by Crippen LogP contribution is 2.36. The number of carbonyl (C=O) groups excluding carboxylic acids is 1. The summed E-state index contributed by atoms with van der Waals surface area (Å²) in [6, 6.07) is 0. The molecule has 2 atom stereocenters. The van der Waals surface area contributed by atoms with Crippen LogP contribution in [0.3, 0.4) is 0 Å². The fourth-order valence-electron chi connectivity index (χ4n) is 4.09. The van der Waals surface area contributed by atoms with E-state index in [4.69, 9.17) is 4.99 Å². The second-order valence-corrected chi connectivity index (χ2v) is 7.32. The molecule has 1 spiro atoms. The zero-order valence-electron chi connectivity index (χ0n) is 14.3. The molecule has 2 N–H and O–H groups in total. The van der Waals surface area contributed by atoms with Crippen molar-refractivity contribution in [1.29, 1.82) is 0 Å². The van der Waals surface area contributed by atoms with Crippen LogP contribution in [0, 0.1) is 11.3 Å². The van der Waals surface area contributed by atoms with Crippen molar-refractivity contribution in [3.63, 3.8) is 0 Å². The average Bonchev–Trinajstić information content (AvgIpc) is 2.92. The van der Waals surface area contributed by atoms with Gasteiger partial charge in [0.2, 0.25) is 5.91 Å². The zero-order valence-corrected chi connectivity index (χ0v) is 14.3. The van der Waals surface area contributed by atoms with E-state index < -0.39 is 0 Å². The molecule has 0 radical (unpaired) electrons. The zero-order chi connectivity index (χ0) is 16.1. The Balaban J connectivity index is 1.64. The number of amides is 1. The summed E-state index contributed by atoms with van der Waals surface area (Å²) in [4.78, 5) is 19.0. The fourth-order valence-corrected chi connectivity index (χ4v) is 4.09. The van der Waals surface area contributed by atoms with Gasteiger partial charge in [-0.3, -0.25) is 9.79 Å². The molecule has 2 unspecified atom stereocenters. The molecule has 2 aliphatic heterocycles. The summed E-state index contributed by atoms with van der Waals surface area (Å²) < 4.78 is 0. The number of likely N-dealkylation sites (tertiary alicyclic amines) is 1. The number of hydrogen-bond donors (Lipinski definition) is 2. The van der Waals surface area contributed by atoms with Gasteiger partial charge in [0, 0.05) is 44.6 Å². The number of aliphatic imine (C=N–C) groups is 1. The van der Waals surface area contributed by atoms with Crippen molar-refractivity contribution in [1.82, 2.24) is 15.5 Å². The number of allylic oxidation sites excluding steroid dienone is 2. The lowest BCUT2D eigenvalue weighted by Gasteiger charge is -2.41. The van der Waals surface area contributed by atoms with E-state index in [1.54, 1.807) is 0 Å². The smallest absolute Gasteiger partial charge is 0.220 e. The van der Waals surface area contributed by atoms with Crippen LogP contribution in [0.4, 0.5) is 0 Å². The Bertz CT molecular complexity index is 487. The molecule has 3 rings (SSSR count). The maximum absolute atomic E-state index is 11.7. The number of guanidine groups is 1. The summed E-state index contributed by atoms with van der Waals surface area (Å²) in [6.07, 6.45) is 11.1. The number of rotatable bonds is 3. The van der Waals surface area contributed by atoms with Gasteiger partial charge in [-0.15, -0.1) is 0 Å². The third-order valence-corrected chi connectivity index (χ3v) is 5.37. The van der Waals surface area contributed by atoms with E-state index in [2.05, 4.69) is 34.6 Å². The molecule has 1 amide bonds. The van der Waals surface area contributed by atoms with Crippen LogP contribution in [0.2, 0.25) is 0 Å². The maximum atomic E-state index is 11.7. The molecule has 0 aromatic heterocycles. The molecule has 1 aliphatic carbocycles. The van der Waals surface area contributed by atoms with Crippen LogP contribution in [0.5, 0.6) is 0 Å². The average molecular weight is 318 g/mol. The summed E-state index contributed by atoms with van der Waals surface area (Å²) in [6.45, 7) is 6.75. The van der Waals surface area contributed by atoms with Crippen LogP contribution in [0.25, 0.3) is 0 Å². The van der Waals surface area contributed by atoms with Gasteiger partial charge in [0.05, 0.1) is 0 Å². The monoisotopic (exact) mass is 318 g/mol. The molecule has 2 heterocycles. The third-order valence-electron chi connectivity index (χ3n) is 5.37. The Kier molecular flexibility index (Phi) is 5.23. The van der Waals surface area contributed by atoms with Gasteiger partial charge in [-0.05, 0) is 44.9 Å². The Morgan fingerprint density at radius 1 is 1.52 bits per heavy atom. The number of nitrogens with zero attached hydrogens (tertiary/aromatic N) is 2. The second-order valence-electron chi connectivity index (χ2n) is 7.32. The van der Waals surface area contributed by atoms with Crippen molar-refractivity contribution in [2.75, 3.05) is 32.7 Å². The van der Waals surface area contributed by atoms with Gasteiger partial charge >= 0.3 is 0 Å². The van der Waals surface area contributed by atoms with Crippen molar-refractivity contribution in [2.45, 2.75) is 45.4 Å². The molecule has 0 aromatic rings. The first-order valence-corrected chi connectivity index (χ1v) is 9.16. The lowest BCUT2D eigenvalue weighted by Crippen LogP contribution is -2.51. The van der Waals surface area contributed by atoms with Gasteiger partial charge in [0.15, 0.2) is 5.96 Å². The molecule has 0 bridgehead atoms. The van der Waals surface area contributed by atoms with E-state index in [0.29, 0.717) is 12.3 Å². The minimum absolute atomic E-state index is 0.124. The molecule has 0 aromatic carbocycles. The first-order chi connectivity index (χ1) is 11.2. The van der Waals surface area contributed by atoms with Crippen molar-refractivity contribution < 1.29 is 4.79 Å². The van der Waals surface area contributed by atoms with Crippen LogP contribution in [0.15, 0.2) is 17.1 Å². The molecule has 5 heteroatoms. The summed E-state index contributed by atoms with van der Waals surface area (Å²) in [7, 11) is 0. The fraction of sp³-hybridized carbons (Fsp3) is 0.778. The molecule has 23 heavy (non-hydrogen) atoms. The van der Waals surface area contributed by atoms with Gasteiger partial charge in [0.25, 0.3) is 0 Å². The largest absolute Gasteiger partial charge is 0.357 e. The lowest BCUT2D eigenvalue weighted by molar-refractivity contribution is -0.119. The highest BCUT2D eigenvalue weighted by Gasteiger charge is 2.42. The number of carbonyl (C=O) groups is 1. The van der Waals surface area contributed by atoms with Gasteiger partial charge in [0.1, 0.15) is 0 Å². The second kappa shape index (κ2) is 7.37. The first kappa shape index (κ1) is 16.3. The quantitative estimate of drug-likeness (QED) is 0.475. The minimum atomic E-state index is 0.124. The third kappa shape index (κ3) is 4.06. The summed E-state index contributed by atoms with van der Waals surface area (Å²) in [5, 5.41) is 6.48. The molecule has 5 nitrogen and oxygen atoms in total. The van der Waals surface area contributed by atoms with Crippen molar-refractivity contribution in [3.05, 3.63) is 12.2 Å². The van der Waals surface area contributed by atoms with E-state index in [0.717, 1.165) is 57.9 Å². The molecule has 128 valence electrons. The van der Waals surface area contributed by atoms with E-state index in [1.165, 1.54) is 12.8 Å². The van der Waals surface area contributed by atoms with E-state index in [1.807, 2.05) is 0 Å². The van der Waals surface area contributed by atoms with Crippen molar-refractivity contribution in [2.24, 2.45) is 16.3 Å². The highest BCUT2D eigenvalue weighted by molar-refractivity contribution is 5.81. The maximum Gasteiger partial charge on any atom is 0.220 e. The standard InChI is InChI=1S/C18H30N4O/c1-2-19-17(20-12-15-7-4-3-5-8-15)22-10-6-9-18(14-22)11-16(23)21-13-18/h3-4,15H,2,5-14H2,1H3,(H,19,20)(H,21,23). The normalized spacial score (nSPS) is 31.5. The molecular weight excluding hydrogens is 288 g/mol. The SMILES string of the molecule is CCNC(=NCC1CC=CCC1)N1CCCC2(CNC(=O)C2)C1. The van der Waals surface area contributed by atoms with Gasteiger partial charge in [-0.2, -0.15) is 0 Å². The predicted octanol–water partition coefficient (Wildman–Crippen LogP) is 1.91. The Morgan fingerprint density at radius 3 is 3.13 bits per heavy atom. The van der Waals surface area contributed by atoms with E-state index >= 15 is 0 Å². The molecular formula is C18H30N4O. The van der Waals surface area contributed by atoms with Crippen molar-refractivity contribution >= 4 is 11.9 Å². The first-order valence-electron chi connectivity index (χ1n) is 9.16. The minimum Gasteiger partial charge on any atom is -0.357 e. The Hall–Kier alpha value is -1.52. The molecule has 2 saturated heterocycles. The predicted molar refractivity (Wildman–Crippen MR) is 93.3 cm³/mol. The van der Waals surface area contributed by atoms with Crippen LogP contribution >= 0.6 is 0 Å². The topological polar surface area (TPSA) is 56.7 Å². The molecule has 3 aliphatic rings. The molecule has 2 fully saturated rings. The van der Waals surface area contributed by atoms with Gasteiger partial charge in [-0.1, -0.05) is 12.2 Å². The number of hydrogen-bond acceptors (Lipinski definition) is 2. The summed E-state index contributed by atoms with van der Waals surface area (Å²) >= 11 is 0. The number of nitrogens with one attached hydrogen (secondary N) is 2. The van der Waals surface area contributed by atoms with Gasteiger partial charge < -0.3 is 15.5 Å². The summed E-state index contributed by atoms with van der Waals surface area (Å²) in [5.74, 6) is 1.94. The Morgan fingerprint density at radius 2 is 2.43 bits per heavy atom. The number of piperidine rings is 1. The molecule has 0 saturated carbocycles. The van der Waals surface area contributed by atoms with Crippen LogP contribution in [-0.2, 0) is 4.79 Å². The van der Waals surface area contributed by atoms with Crippen molar-refractivity contribution in [3.8, 4) is 0 Å². The van der Waals surface area contributed by atoms with Gasteiger partial charge in [-0.25, -0.2) is 0 Å². The Labute approximate surface area is 139 Å². The van der Waals surface area contributed by atoms with Crippen LogP contribution in [0.1, 0.15) is 45.4 Å². The summed E-state index contributed by atoms with van der Waals surface area (Å²) in [5.41, 5.74) is 0.124.